The van der Waals surface area contributed by atoms with Crippen LogP contribution < -0.4 is 11.1 Å². The first-order valence-corrected chi connectivity index (χ1v) is 6.75. The molecule has 0 atom stereocenters. The molecule has 3 N–H and O–H groups in total. The first kappa shape index (κ1) is 13.6. The normalized spacial score (nSPS) is 10.2. The molecule has 0 spiro atoms. The summed E-state index contributed by atoms with van der Waals surface area (Å²) in [6.07, 6.45) is 0. The zero-order valence-corrected chi connectivity index (χ0v) is 12.2. The first-order chi connectivity index (χ1) is 9.08. The maximum absolute atomic E-state index is 12.1. The van der Waals surface area contributed by atoms with E-state index >= 15 is 0 Å². The fraction of sp³-hybridized carbons (Fsp3) is 0.133. The quantitative estimate of drug-likeness (QED) is 0.853. The minimum Gasteiger partial charge on any atom is -0.399 e. The number of carbonyl (C=O) groups is 1. The van der Waals surface area contributed by atoms with E-state index in [4.69, 9.17) is 5.73 Å². The van der Waals surface area contributed by atoms with E-state index in [1.807, 2.05) is 31.2 Å². The van der Waals surface area contributed by atoms with Gasteiger partial charge in [-0.1, -0.05) is 34.1 Å². The molecule has 4 heteroatoms. The molecule has 0 bridgehead atoms. The minimum absolute atomic E-state index is 0.0896. The van der Waals surface area contributed by atoms with Crippen LogP contribution in [-0.2, 0) is 6.54 Å². The Kier molecular flexibility index (Phi) is 4.22. The number of hydrogen-bond donors (Lipinski definition) is 2. The van der Waals surface area contributed by atoms with Crippen LogP contribution in [-0.4, -0.2) is 5.91 Å². The largest absolute Gasteiger partial charge is 0.399 e. The Labute approximate surface area is 121 Å². The molecule has 2 rings (SSSR count). The number of nitrogens with one attached hydrogen (secondary N) is 1. The summed E-state index contributed by atoms with van der Waals surface area (Å²) in [7, 11) is 0. The van der Waals surface area contributed by atoms with Crippen molar-refractivity contribution in [2.75, 3.05) is 5.73 Å². The van der Waals surface area contributed by atoms with Gasteiger partial charge in [0.05, 0.1) is 0 Å². The molecule has 3 nitrogen and oxygen atoms in total. The van der Waals surface area contributed by atoms with Crippen LogP contribution in [0.4, 0.5) is 5.69 Å². The average molecular weight is 319 g/mol. The van der Waals surface area contributed by atoms with E-state index < -0.39 is 0 Å². The van der Waals surface area contributed by atoms with Crippen LogP contribution in [0.1, 0.15) is 21.5 Å². The number of aryl methyl sites for hydroxylation is 1. The van der Waals surface area contributed by atoms with Crippen molar-refractivity contribution in [3.63, 3.8) is 0 Å². The van der Waals surface area contributed by atoms with Crippen LogP contribution in [0.15, 0.2) is 46.9 Å². The highest BCUT2D eigenvalue weighted by Crippen LogP contribution is 2.16. The second-order valence-electron chi connectivity index (χ2n) is 4.35. The van der Waals surface area contributed by atoms with Crippen molar-refractivity contribution < 1.29 is 4.79 Å². The van der Waals surface area contributed by atoms with Gasteiger partial charge in [-0.25, -0.2) is 0 Å². The van der Waals surface area contributed by atoms with Crippen LogP contribution in [0.25, 0.3) is 0 Å². The van der Waals surface area contributed by atoms with Crippen molar-refractivity contribution in [2.24, 2.45) is 0 Å². The monoisotopic (exact) mass is 318 g/mol. The lowest BCUT2D eigenvalue weighted by Crippen LogP contribution is -2.23. The molecule has 0 radical (unpaired) electrons. The van der Waals surface area contributed by atoms with E-state index in [1.165, 1.54) is 0 Å². The van der Waals surface area contributed by atoms with Gasteiger partial charge in [-0.15, -0.1) is 0 Å². The average Bonchev–Trinajstić information content (AvgIpc) is 2.37. The van der Waals surface area contributed by atoms with E-state index in [1.54, 1.807) is 18.2 Å². The van der Waals surface area contributed by atoms with Gasteiger partial charge in [0.25, 0.3) is 5.91 Å². The topological polar surface area (TPSA) is 55.1 Å². The molecule has 0 aromatic heterocycles. The Morgan fingerprint density at radius 2 is 2.00 bits per heavy atom. The second-order valence-corrected chi connectivity index (χ2v) is 5.20. The summed E-state index contributed by atoms with van der Waals surface area (Å²) in [6, 6.07) is 13.1. The van der Waals surface area contributed by atoms with Crippen molar-refractivity contribution >= 4 is 27.5 Å². The third-order valence-corrected chi connectivity index (χ3v) is 3.67. The first-order valence-electron chi connectivity index (χ1n) is 5.95. The summed E-state index contributed by atoms with van der Waals surface area (Å²) in [5.74, 6) is -0.0896. The Balaban J connectivity index is 2.08. The number of hydrogen-bond acceptors (Lipinski definition) is 2. The van der Waals surface area contributed by atoms with Gasteiger partial charge in [0.1, 0.15) is 0 Å². The third kappa shape index (κ3) is 3.35. The number of nitrogen functional groups attached to an aromatic ring is 1. The number of amides is 1. The van der Waals surface area contributed by atoms with Gasteiger partial charge in [0.2, 0.25) is 0 Å². The lowest BCUT2D eigenvalue weighted by Gasteiger charge is -2.09. The maximum Gasteiger partial charge on any atom is 0.251 e. The molecule has 2 aromatic rings. The summed E-state index contributed by atoms with van der Waals surface area (Å²) >= 11 is 3.46. The van der Waals surface area contributed by atoms with Crippen molar-refractivity contribution in [3.8, 4) is 0 Å². The van der Waals surface area contributed by atoms with Gasteiger partial charge in [-0.05, 0) is 42.3 Å². The fourth-order valence-electron chi connectivity index (χ4n) is 1.85. The van der Waals surface area contributed by atoms with Gasteiger partial charge in [0.15, 0.2) is 0 Å². The van der Waals surface area contributed by atoms with E-state index in [0.717, 1.165) is 15.6 Å². The predicted molar refractivity (Wildman–Crippen MR) is 80.9 cm³/mol. The smallest absolute Gasteiger partial charge is 0.251 e. The van der Waals surface area contributed by atoms with Crippen LogP contribution in [0.3, 0.4) is 0 Å². The summed E-state index contributed by atoms with van der Waals surface area (Å²) in [4.78, 5) is 12.1. The highest BCUT2D eigenvalue weighted by Gasteiger charge is 2.09. The number of carbonyl (C=O) groups excluding carboxylic acids is 1. The Hall–Kier alpha value is -1.81. The molecule has 19 heavy (non-hydrogen) atoms. The molecule has 1 amide bonds. The van der Waals surface area contributed by atoms with Gasteiger partial charge in [-0.2, -0.15) is 0 Å². The van der Waals surface area contributed by atoms with Crippen molar-refractivity contribution in [2.45, 2.75) is 13.5 Å². The van der Waals surface area contributed by atoms with E-state index in [0.29, 0.717) is 17.8 Å². The Morgan fingerprint density at radius 3 is 2.68 bits per heavy atom. The lowest BCUT2D eigenvalue weighted by molar-refractivity contribution is 0.0950. The van der Waals surface area contributed by atoms with Gasteiger partial charge in [0, 0.05) is 22.3 Å². The molecule has 98 valence electrons. The molecule has 0 aliphatic heterocycles. The lowest BCUT2D eigenvalue weighted by atomic mass is 10.1. The fourth-order valence-corrected chi connectivity index (χ4v) is 2.28. The highest BCUT2D eigenvalue weighted by molar-refractivity contribution is 9.10. The molecule has 0 fully saturated rings. The van der Waals surface area contributed by atoms with E-state index in [-0.39, 0.29) is 5.91 Å². The molecule has 2 aromatic carbocycles. The number of benzene rings is 2. The van der Waals surface area contributed by atoms with Crippen LogP contribution in [0.5, 0.6) is 0 Å². The van der Waals surface area contributed by atoms with Crippen LogP contribution >= 0.6 is 15.9 Å². The molecule has 0 unspecified atom stereocenters. The highest BCUT2D eigenvalue weighted by atomic mass is 79.9. The Bertz CT molecular complexity index is 611. The minimum atomic E-state index is -0.0896. The standard InChI is InChI=1S/C15H15BrN2O/c1-10-8-12(17)6-7-13(10)15(19)18-9-11-4-2-3-5-14(11)16/h2-8H,9,17H2,1H3,(H,18,19). The molecule has 0 aliphatic rings. The zero-order chi connectivity index (χ0) is 13.8. The number of anilines is 1. The third-order valence-electron chi connectivity index (χ3n) is 2.89. The van der Waals surface area contributed by atoms with Crippen molar-refractivity contribution in [1.29, 1.82) is 0 Å². The van der Waals surface area contributed by atoms with Gasteiger partial charge >= 0.3 is 0 Å². The SMILES string of the molecule is Cc1cc(N)ccc1C(=O)NCc1ccccc1Br. The molecular formula is C15H15BrN2O. The van der Waals surface area contributed by atoms with E-state index in [2.05, 4.69) is 21.2 Å². The van der Waals surface area contributed by atoms with Crippen LogP contribution in [0.2, 0.25) is 0 Å². The van der Waals surface area contributed by atoms with Gasteiger partial charge < -0.3 is 11.1 Å². The van der Waals surface area contributed by atoms with Gasteiger partial charge in [-0.3, -0.25) is 4.79 Å². The summed E-state index contributed by atoms with van der Waals surface area (Å²) in [5.41, 5.74) is 8.92. The Morgan fingerprint density at radius 1 is 1.26 bits per heavy atom. The number of rotatable bonds is 3. The molecule has 0 saturated carbocycles. The molecule has 0 saturated heterocycles. The molecule has 0 aliphatic carbocycles. The summed E-state index contributed by atoms with van der Waals surface area (Å²) < 4.78 is 0.990. The summed E-state index contributed by atoms with van der Waals surface area (Å²) in [6.45, 7) is 2.37. The predicted octanol–water partition coefficient (Wildman–Crippen LogP) is 3.27. The maximum atomic E-state index is 12.1. The van der Waals surface area contributed by atoms with Crippen LogP contribution in [0, 0.1) is 6.92 Å². The molecular weight excluding hydrogens is 304 g/mol. The zero-order valence-electron chi connectivity index (χ0n) is 10.6. The van der Waals surface area contributed by atoms with Crippen molar-refractivity contribution in [1.82, 2.24) is 5.32 Å². The number of nitrogens with two attached hydrogens (primary N) is 1. The summed E-state index contributed by atoms with van der Waals surface area (Å²) in [5, 5.41) is 2.91. The molecule has 0 heterocycles. The van der Waals surface area contributed by atoms with E-state index in [9.17, 15) is 4.79 Å². The van der Waals surface area contributed by atoms with Crippen molar-refractivity contribution in [3.05, 3.63) is 63.6 Å². The second kappa shape index (κ2) is 5.89. The number of halogens is 1.